The SMILES string of the molecule is COc1cccc(CN2C(=O)N(C)C(C)c3ccc(C(=O)NCc4c(F)cc(F)cc4F)cc32)c1F. The molecular weight excluding hydrogens is 478 g/mol. The van der Waals surface area contributed by atoms with Crippen LogP contribution in [0.25, 0.3) is 0 Å². The molecule has 1 aliphatic rings. The molecule has 3 amide bonds. The molecular formula is C26H23F4N3O3. The molecule has 0 bridgehead atoms. The number of urea groups is 1. The maximum atomic E-state index is 14.8. The molecule has 188 valence electrons. The molecule has 0 fully saturated rings. The zero-order valence-corrected chi connectivity index (χ0v) is 19.7. The van der Waals surface area contributed by atoms with Crippen molar-refractivity contribution in [1.82, 2.24) is 10.2 Å². The molecule has 0 saturated heterocycles. The van der Waals surface area contributed by atoms with Gasteiger partial charge in [0.2, 0.25) is 0 Å². The number of methoxy groups -OCH3 is 1. The first-order valence-electron chi connectivity index (χ1n) is 11.0. The van der Waals surface area contributed by atoms with E-state index in [1.807, 2.05) is 6.92 Å². The standard InChI is InChI=1S/C26H23F4N3O3/c1-14-18-8-7-15(25(34)31-12-19-20(28)10-17(27)11-21(19)29)9-22(18)33(26(35)32(14)2)13-16-5-4-6-23(36-3)24(16)30/h4-11,14H,12-13H2,1-3H3,(H,31,34). The maximum Gasteiger partial charge on any atom is 0.325 e. The van der Waals surface area contributed by atoms with Crippen LogP contribution in [0.4, 0.5) is 28.0 Å². The fourth-order valence-electron chi connectivity index (χ4n) is 4.11. The van der Waals surface area contributed by atoms with Gasteiger partial charge in [-0.3, -0.25) is 9.69 Å². The molecule has 1 atom stereocenters. The number of benzene rings is 3. The van der Waals surface area contributed by atoms with Gasteiger partial charge in [0.15, 0.2) is 11.6 Å². The minimum absolute atomic E-state index is 0.0345. The molecule has 10 heteroatoms. The third-order valence-electron chi connectivity index (χ3n) is 6.27. The van der Waals surface area contributed by atoms with Crippen LogP contribution in [0.1, 0.15) is 40.0 Å². The van der Waals surface area contributed by atoms with E-state index in [4.69, 9.17) is 4.74 Å². The number of ether oxygens (including phenoxy) is 1. The Morgan fingerprint density at radius 1 is 1.06 bits per heavy atom. The fraction of sp³-hybridized carbons (Fsp3) is 0.231. The zero-order valence-electron chi connectivity index (χ0n) is 19.7. The number of nitrogens with zero attached hydrogens (tertiary/aromatic N) is 2. The highest BCUT2D eigenvalue weighted by Crippen LogP contribution is 2.37. The predicted octanol–water partition coefficient (Wildman–Crippen LogP) is 5.31. The predicted molar refractivity (Wildman–Crippen MR) is 125 cm³/mol. The largest absolute Gasteiger partial charge is 0.494 e. The summed E-state index contributed by atoms with van der Waals surface area (Å²) in [7, 11) is 2.96. The van der Waals surface area contributed by atoms with Crippen molar-refractivity contribution in [2.24, 2.45) is 0 Å². The lowest BCUT2D eigenvalue weighted by Crippen LogP contribution is -2.46. The van der Waals surface area contributed by atoms with Gasteiger partial charge in [-0.15, -0.1) is 0 Å². The minimum Gasteiger partial charge on any atom is -0.494 e. The first kappa shape index (κ1) is 25.0. The number of carbonyl (C=O) groups excluding carboxylic acids is 2. The van der Waals surface area contributed by atoms with Crippen LogP contribution in [0.2, 0.25) is 0 Å². The van der Waals surface area contributed by atoms with E-state index in [2.05, 4.69) is 5.32 Å². The summed E-state index contributed by atoms with van der Waals surface area (Å²) < 4.78 is 60.9. The molecule has 1 aliphatic heterocycles. The molecule has 36 heavy (non-hydrogen) atoms. The van der Waals surface area contributed by atoms with Crippen molar-refractivity contribution in [2.45, 2.75) is 26.1 Å². The molecule has 0 aromatic heterocycles. The van der Waals surface area contributed by atoms with Crippen molar-refractivity contribution < 1.29 is 31.9 Å². The number of halogens is 4. The number of anilines is 1. The molecule has 3 aromatic rings. The van der Waals surface area contributed by atoms with Crippen LogP contribution in [0.5, 0.6) is 5.75 Å². The first-order chi connectivity index (χ1) is 17.1. The van der Waals surface area contributed by atoms with Gasteiger partial charge < -0.3 is 15.0 Å². The highest BCUT2D eigenvalue weighted by atomic mass is 19.1. The Kier molecular flexibility index (Phi) is 6.87. The van der Waals surface area contributed by atoms with Crippen molar-refractivity contribution in [3.05, 3.63) is 94.1 Å². The Labute approximate surface area is 205 Å². The van der Waals surface area contributed by atoms with E-state index in [1.165, 1.54) is 41.2 Å². The molecule has 0 saturated carbocycles. The van der Waals surface area contributed by atoms with Crippen molar-refractivity contribution in [3.8, 4) is 5.75 Å². The van der Waals surface area contributed by atoms with E-state index in [0.29, 0.717) is 17.8 Å². The second-order valence-electron chi connectivity index (χ2n) is 8.39. The summed E-state index contributed by atoms with van der Waals surface area (Å²) in [5, 5.41) is 2.41. The summed E-state index contributed by atoms with van der Waals surface area (Å²) >= 11 is 0. The summed E-state index contributed by atoms with van der Waals surface area (Å²) in [6.45, 7) is 1.19. The van der Waals surface area contributed by atoms with Crippen LogP contribution in [0.15, 0.2) is 48.5 Å². The summed E-state index contributed by atoms with van der Waals surface area (Å²) in [4.78, 5) is 28.8. The Hall–Kier alpha value is -4.08. The summed E-state index contributed by atoms with van der Waals surface area (Å²) in [5.74, 6) is -4.53. The number of hydrogen-bond acceptors (Lipinski definition) is 3. The van der Waals surface area contributed by atoms with Gasteiger partial charge in [0.25, 0.3) is 5.91 Å². The summed E-state index contributed by atoms with van der Waals surface area (Å²) in [5.41, 5.74) is 0.988. The molecule has 0 spiro atoms. The van der Waals surface area contributed by atoms with E-state index >= 15 is 0 Å². The monoisotopic (exact) mass is 501 g/mol. The lowest BCUT2D eigenvalue weighted by Gasteiger charge is -2.39. The Morgan fingerprint density at radius 3 is 2.42 bits per heavy atom. The molecule has 3 aromatic carbocycles. The quantitative estimate of drug-likeness (QED) is 0.466. The minimum atomic E-state index is -1.12. The van der Waals surface area contributed by atoms with Gasteiger partial charge in [-0.2, -0.15) is 0 Å². The van der Waals surface area contributed by atoms with E-state index in [1.54, 1.807) is 19.2 Å². The topological polar surface area (TPSA) is 61.9 Å². The Morgan fingerprint density at radius 2 is 1.75 bits per heavy atom. The molecule has 1 heterocycles. The molecule has 6 nitrogen and oxygen atoms in total. The van der Waals surface area contributed by atoms with Crippen LogP contribution in [0.3, 0.4) is 0 Å². The van der Waals surface area contributed by atoms with E-state index in [-0.39, 0.29) is 29.5 Å². The Balaban J connectivity index is 1.65. The number of amides is 3. The second-order valence-corrected chi connectivity index (χ2v) is 8.39. The second kappa shape index (κ2) is 9.88. The van der Waals surface area contributed by atoms with E-state index in [9.17, 15) is 27.2 Å². The summed E-state index contributed by atoms with van der Waals surface area (Å²) in [6.07, 6.45) is 0. The van der Waals surface area contributed by atoms with Gasteiger partial charge in [0.05, 0.1) is 25.4 Å². The van der Waals surface area contributed by atoms with Gasteiger partial charge in [-0.1, -0.05) is 18.2 Å². The van der Waals surface area contributed by atoms with Gasteiger partial charge in [0.1, 0.15) is 17.5 Å². The summed E-state index contributed by atoms with van der Waals surface area (Å²) in [6, 6.07) is 9.62. The highest BCUT2D eigenvalue weighted by Gasteiger charge is 2.34. The number of carbonyl (C=O) groups is 2. The number of hydrogen-bond donors (Lipinski definition) is 1. The smallest absolute Gasteiger partial charge is 0.325 e. The number of fused-ring (bicyclic) bond motifs is 1. The lowest BCUT2D eigenvalue weighted by molar-refractivity contribution is 0.0950. The normalized spacial score (nSPS) is 15.1. The molecule has 0 aliphatic carbocycles. The average Bonchev–Trinajstić information content (AvgIpc) is 2.85. The third kappa shape index (κ3) is 4.58. The van der Waals surface area contributed by atoms with Crippen LogP contribution in [0, 0.1) is 23.3 Å². The van der Waals surface area contributed by atoms with E-state index in [0.717, 1.165) is 5.56 Å². The van der Waals surface area contributed by atoms with Crippen LogP contribution >= 0.6 is 0 Å². The molecule has 4 rings (SSSR count). The Bertz CT molecular complexity index is 1320. The van der Waals surface area contributed by atoms with Crippen molar-refractivity contribution in [2.75, 3.05) is 19.1 Å². The molecule has 1 N–H and O–H groups in total. The van der Waals surface area contributed by atoms with Gasteiger partial charge in [0, 0.05) is 42.4 Å². The van der Waals surface area contributed by atoms with Crippen molar-refractivity contribution >= 4 is 17.6 Å². The number of nitrogens with one attached hydrogen (secondary N) is 1. The van der Waals surface area contributed by atoms with Gasteiger partial charge >= 0.3 is 6.03 Å². The van der Waals surface area contributed by atoms with Gasteiger partial charge in [-0.25, -0.2) is 22.4 Å². The molecule has 1 unspecified atom stereocenters. The van der Waals surface area contributed by atoms with Crippen LogP contribution in [-0.2, 0) is 13.1 Å². The van der Waals surface area contributed by atoms with Gasteiger partial charge in [-0.05, 0) is 30.7 Å². The fourth-order valence-corrected chi connectivity index (χ4v) is 4.11. The lowest BCUT2D eigenvalue weighted by atomic mass is 9.98. The van der Waals surface area contributed by atoms with Crippen LogP contribution < -0.4 is 15.0 Å². The van der Waals surface area contributed by atoms with E-state index < -0.39 is 47.3 Å². The van der Waals surface area contributed by atoms with Crippen molar-refractivity contribution in [1.29, 1.82) is 0 Å². The average molecular weight is 501 g/mol. The highest BCUT2D eigenvalue weighted by molar-refractivity contribution is 5.99. The molecule has 0 radical (unpaired) electrons. The van der Waals surface area contributed by atoms with Crippen molar-refractivity contribution in [3.63, 3.8) is 0 Å². The third-order valence-corrected chi connectivity index (χ3v) is 6.27. The zero-order chi connectivity index (χ0) is 26.1. The number of rotatable bonds is 6. The first-order valence-corrected chi connectivity index (χ1v) is 11.0. The maximum absolute atomic E-state index is 14.8. The van der Waals surface area contributed by atoms with Crippen LogP contribution in [-0.4, -0.2) is 31.0 Å².